The quantitative estimate of drug-likeness (QED) is 0.497. The lowest BCUT2D eigenvalue weighted by Crippen LogP contribution is -1.99. The molecule has 2 rings (SSSR count). The molecule has 1 aliphatic carbocycles. The lowest BCUT2D eigenvalue weighted by atomic mass is 10.1. The first kappa shape index (κ1) is 6.48. The maximum atomic E-state index is 4.04. The van der Waals surface area contributed by atoms with Crippen LogP contribution in [0.15, 0.2) is 16.9 Å². The maximum absolute atomic E-state index is 4.04. The van der Waals surface area contributed by atoms with Crippen molar-refractivity contribution < 1.29 is 0 Å². The zero-order valence-corrected chi connectivity index (χ0v) is 6.46. The molecule has 0 aromatic rings. The number of rotatable bonds is 1. The van der Waals surface area contributed by atoms with Crippen molar-refractivity contribution in [2.45, 2.75) is 19.8 Å². The van der Waals surface area contributed by atoms with Crippen LogP contribution in [0.25, 0.3) is 0 Å². The third-order valence-electron chi connectivity index (χ3n) is 1.85. The Hall–Kier alpha value is -1.23. The van der Waals surface area contributed by atoms with Crippen LogP contribution in [-0.4, -0.2) is 5.71 Å². The Balaban J connectivity index is 2.18. The molecule has 0 aromatic carbocycles. The van der Waals surface area contributed by atoms with Gasteiger partial charge in [-0.15, -0.1) is 5.92 Å². The topological polar surface area (TPSA) is 26.5 Å². The van der Waals surface area contributed by atoms with Gasteiger partial charge in [0.15, 0.2) is 0 Å². The molecule has 2 nitrogen and oxygen atoms in total. The molecular formula is C9H9N2. The normalized spacial score (nSPS) is 21.2. The van der Waals surface area contributed by atoms with Gasteiger partial charge in [0.05, 0.1) is 17.5 Å². The summed E-state index contributed by atoms with van der Waals surface area (Å²) in [5, 5.41) is 4.04. The molecule has 2 aliphatic rings. The van der Waals surface area contributed by atoms with Crippen molar-refractivity contribution in [3.63, 3.8) is 0 Å². The summed E-state index contributed by atoms with van der Waals surface area (Å²) in [6.45, 7) is 1.84. The van der Waals surface area contributed by atoms with E-state index < -0.39 is 0 Å². The largest absolute Gasteiger partial charge is 0.157 e. The average Bonchev–Trinajstić information content (AvgIpc) is 2.75. The standard InChI is InChI=1S/C9H9N2/c1-2-3-8-6-10-11-9(8)7-4-5-7/h6-7H,4-5H2,1H3. The highest BCUT2D eigenvalue weighted by atomic mass is 15.3. The third-order valence-corrected chi connectivity index (χ3v) is 1.85. The number of hydrogen-bond acceptors (Lipinski definition) is 1. The molecule has 0 N–H and O–H groups in total. The van der Waals surface area contributed by atoms with Gasteiger partial charge in [0.25, 0.3) is 0 Å². The van der Waals surface area contributed by atoms with Gasteiger partial charge in [-0.1, -0.05) is 5.92 Å². The first-order valence-electron chi connectivity index (χ1n) is 3.83. The smallest absolute Gasteiger partial charge is 0.0833 e. The van der Waals surface area contributed by atoms with E-state index >= 15 is 0 Å². The van der Waals surface area contributed by atoms with Crippen LogP contribution in [-0.2, 0) is 0 Å². The predicted molar refractivity (Wildman–Crippen MR) is 43.8 cm³/mol. The molecule has 1 fully saturated rings. The summed E-state index contributed by atoms with van der Waals surface area (Å²) in [4.78, 5) is 0. The van der Waals surface area contributed by atoms with Crippen molar-refractivity contribution in [3.05, 3.63) is 11.8 Å². The van der Waals surface area contributed by atoms with Gasteiger partial charge < -0.3 is 0 Å². The van der Waals surface area contributed by atoms with Gasteiger partial charge in [-0.3, -0.25) is 0 Å². The van der Waals surface area contributed by atoms with Crippen molar-refractivity contribution >= 4 is 5.71 Å². The van der Waals surface area contributed by atoms with Crippen LogP contribution < -0.4 is 5.43 Å². The molecular weight excluding hydrogens is 136 g/mol. The molecule has 55 valence electrons. The van der Waals surface area contributed by atoms with Gasteiger partial charge in [0.2, 0.25) is 0 Å². The summed E-state index contributed by atoms with van der Waals surface area (Å²) >= 11 is 0. The Morgan fingerprint density at radius 1 is 1.55 bits per heavy atom. The zero-order chi connectivity index (χ0) is 7.68. The van der Waals surface area contributed by atoms with Crippen LogP contribution in [0, 0.1) is 17.8 Å². The SMILES string of the molecule is CC#CC1=C[N]N=C1C1CC1. The number of allylic oxidation sites excluding steroid dienone is 1. The van der Waals surface area contributed by atoms with Crippen LogP contribution in [0.1, 0.15) is 19.8 Å². The second-order valence-electron chi connectivity index (χ2n) is 2.79. The lowest BCUT2D eigenvalue weighted by Gasteiger charge is -1.92. The summed E-state index contributed by atoms with van der Waals surface area (Å²) in [6.07, 6.45) is 4.28. The second kappa shape index (κ2) is 2.43. The first-order valence-corrected chi connectivity index (χ1v) is 3.83. The molecule has 1 aliphatic heterocycles. The monoisotopic (exact) mass is 145 g/mol. The van der Waals surface area contributed by atoms with Gasteiger partial charge in [0.1, 0.15) is 0 Å². The Morgan fingerprint density at radius 3 is 3.00 bits per heavy atom. The van der Waals surface area contributed by atoms with Crippen molar-refractivity contribution in [3.8, 4) is 11.8 Å². The van der Waals surface area contributed by atoms with Gasteiger partial charge in [-0.05, 0) is 19.8 Å². The molecule has 0 aromatic heterocycles. The molecule has 2 heteroatoms. The van der Waals surface area contributed by atoms with Crippen LogP contribution >= 0.6 is 0 Å². The predicted octanol–water partition coefficient (Wildman–Crippen LogP) is 1.28. The third kappa shape index (κ3) is 1.14. The average molecular weight is 145 g/mol. The molecule has 0 unspecified atom stereocenters. The zero-order valence-electron chi connectivity index (χ0n) is 6.46. The van der Waals surface area contributed by atoms with Crippen LogP contribution in [0.2, 0.25) is 0 Å². The van der Waals surface area contributed by atoms with Crippen LogP contribution in [0.5, 0.6) is 0 Å². The first-order chi connectivity index (χ1) is 5.42. The number of nitrogens with zero attached hydrogens (tertiary/aromatic N) is 2. The number of hydrogen-bond donors (Lipinski definition) is 0. The fourth-order valence-electron chi connectivity index (χ4n) is 1.16. The summed E-state index contributed by atoms with van der Waals surface area (Å²) < 4.78 is 0. The Kier molecular flexibility index (Phi) is 1.43. The fraction of sp³-hybridized carbons (Fsp3) is 0.444. The summed E-state index contributed by atoms with van der Waals surface area (Å²) in [5.41, 5.74) is 5.98. The highest BCUT2D eigenvalue weighted by Crippen LogP contribution is 2.34. The molecule has 0 saturated heterocycles. The molecule has 1 saturated carbocycles. The van der Waals surface area contributed by atoms with E-state index in [0.29, 0.717) is 5.92 Å². The van der Waals surface area contributed by atoms with Crippen molar-refractivity contribution in [2.24, 2.45) is 11.0 Å². The van der Waals surface area contributed by atoms with E-state index in [1.54, 1.807) is 6.20 Å². The highest BCUT2D eigenvalue weighted by Gasteiger charge is 2.31. The molecule has 11 heavy (non-hydrogen) atoms. The minimum Gasteiger partial charge on any atom is -0.157 e. The molecule has 1 heterocycles. The van der Waals surface area contributed by atoms with E-state index in [-0.39, 0.29) is 0 Å². The molecule has 0 bridgehead atoms. The summed E-state index contributed by atoms with van der Waals surface area (Å²) in [5.74, 6) is 6.53. The van der Waals surface area contributed by atoms with Gasteiger partial charge in [-0.2, -0.15) is 10.5 Å². The molecule has 0 amide bonds. The fourth-order valence-corrected chi connectivity index (χ4v) is 1.16. The molecule has 0 atom stereocenters. The van der Waals surface area contributed by atoms with E-state index in [1.807, 2.05) is 6.92 Å². The minimum atomic E-state index is 0.661. The van der Waals surface area contributed by atoms with Crippen molar-refractivity contribution in [2.75, 3.05) is 0 Å². The van der Waals surface area contributed by atoms with Gasteiger partial charge >= 0.3 is 0 Å². The molecule has 1 radical (unpaired) electrons. The van der Waals surface area contributed by atoms with E-state index in [0.717, 1.165) is 11.3 Å². The van der Waals surface area contributed by atoms with E-state index in [2.05, 4.69) is 22.4 Å². The van der Waals surface area contributed by atoms with Crippen LogP contribution in [0.3, 0.4) is 0 Å². The van der Waals surface area contributed by atoms with Crippen molar-refractivity contribution in [1.29, 1.82) is 0 Å². The van der Waals surface area contributed by atoms with E-state index in [9.17, 15) is 0 Å². The highest BCUT2D eigenvalue weighted by molar-refractivity contribution is 6.07. The van der Waals surface area contributed by atoms with E-state index in [1.165, 1.54) is 12.8 Å². The second-order valence-corrected chi connectivity index (χ2v) is 2.79. The Morgan fingerprint density at radius 2 is 2.36 bits per heavy atom. The Bertz CT molecular complexity index is 284. The summed E-state index contributed by atoms with van der Waals surface area (Å²) in [6, 6.07) is 0. The van der Waals surface area contributed by atoms with Crippen LogP contribution in [0.4, 0.5) is 0 Å². The maximum Gasteiger partial charge on any atom is 0.0833 e. The Labute approximate surface area is 66.4 Å². The van der Waals surface area contributed by atoms with Gasteiger partial charge in [-0.25, -0.2) is 0 Å². The minimum absolute atomic E-state index is 0.661. The lowest BCUT2D eigenvalue weighted by molar-refractivity contribution is 0.958. The summed E-state index contributed by atoms with van der Waals surface area (Å²) in [7, 11) is 0. The van der Waals surface area contributed by atoms with E-state index in [4.69, 9.17) is 0 Å². The molecule has 0 spiro atoms. The van der Waals surface area contributed by atoms with Gasteiger partial charge in [0, 0.05) is 5.92 Å². The van der Waals surface area contributed by atoms with Crippen molar-refractivity contribution in [1.82, 2.24) is 5.43 Å².